The molecule has 0 amide bonds. The van der Waals surface area contributed by atoms with Crippen LogP contribution >= 0.6 is 11.6 Å². The van der Waals surface area contributed by atoms with Crippen LogP contribution < -0.4 is 0 Å². The molecule has 5 heteroatoms. The van der Waals surface area contributed by atoms with Crippen molar-refractivity contribution in [2.75, 3.05) is 5.88 Å². The first-order valence-electron chi connectivity index (χ1n) is 5.93. The van der Waals surface area contributed by atoms with Crippen molar-refractivity contribution in [1.29, 1.82) is 0 Å². The average Bonchev–Trinajstić information content (AvgIpc) is 2.58. The second-order valence-corrected chi connectivity index (χ2v) is 5.10. The highest BCUT2D eigenvalue weighted by molar-refractivity contribution is 6.17. The van der Waals surface area contributed by atoms with Crippen molar-refractivity contribution in [2.24, 2.45) is 5.92 Å². The quantitative estimate of drug-likeness (QED) is 0.775. The number of rotatable bonds is 4. The summed E-state index contributed by atoms with van der Waals surface area (Å²) in [5, 5.41) is 0. The molecule has 0 aliphatic rings. The molecule has 0 aliphatic heterocycles. The number of imidazole rings is 1. The zero-order valence-corrected chi connectivity index (χ0v) is 11.1. The molecule has 1 aromatic heterocycles. The van der Waals surface area contributed by atoms with E-state index in [0.29, 0.717) is 36.1 Å². The topological polar surface area (TPSA) is 17.8 Å². The Balaban J connectivity index is 2.64. The van der Waals surface area contributed by atoms with E-state index in [1.54, 1.807) is 0 Å². The molecular weight excluding hydrogens is 258 g/mol. The molecule has 0 atom stereocenters. The van der Waals surface area contributed by atoms with E-state index in [1.807, 2.05) is 18.4 Å². The molecule has 2 aromatic rings. The number of aryl methyl sites for hydroxylation is 1. The Kier molecular flexibility index (Phi) is 3.85. The number of halogens is 3. The fourth-order valence-corrected chi connectivity index (χ4v) is 2.21. The van der Waals surface area contributed by atoms with Crippen LogP contribution in [0.5, 0.6) is 0 Å². The van der Waals surface area contributed by atoms with E-state index < -0.39 is 11.6 Å². The molecule has 2 nitrogen and oxygen atoms in total. The van der Waals surface area contributed by atoms with Crippen LogP contribution in [0.25, 0.3) is 11.0 Å². The highest BCUT2D eigenvalue weighted by Crippen LogP contribution is 2.22. The third-order valence-electron chi connectivity index (χ3n) is 2.72. The van der Waals surface area contributed by atoms with Gasteiger partial charge in [0.2, 0.25) is 0 Å². The number of alkyl halides is 1. The lowest BCUT2D eigenvalue weighted by molar-refractivity contribution is 0.518. The van der Waals surface area contributed by atoms with Gasteiger partial charge in [0, 0.05) is 24.9 Å². The molecule has 0 N–H and O–H groups in total. The molecule has 0 fully saturated rings. The van der Waals surface area contributed by atoms with E-state index >= 15 is 0 Å². The van der Waals surface area contributed by atoms with Gasteiger partial charge in [-0.3, -0.25) is 0 Å². The molecule has 18 heavy (non-hydrogen) atoms. The van der Waals surface area contributed by atoms with Gasteiger partial charge < -0.3 is 4.57 Å². The van der Waals surface area contributed by atoms with Crippen molar-refractivity contribution in [3.8, 4) is 0 Å². The van der Waals surface area contributed by atoms with Gasteiger partial charge in [0.25, 0.3) is 0 Å². The van der Waals surface area contributed by atoms with Gasteiger partial charge in [0.05, 0.1) is 5.52 Å². The molecule has 98 valence electrons. The molecule has 0 unspecified atom stereocenters. The van der Waals surface area contributed by atoms with Crippen LogP contribution in [0.1, 0.15) is 19.7 Å². The second kappa shape index (κ2) is 5.22. The number of fused-ring (bicyclic) bond motifs is 1. The van der Waals surface area contributed by atoms with Gasteiger partial charge in [-0.1, -0.05) is 13.8 Å². The zero-order chi connectivity index (χ0) is 13.3. The molecule has 0 bridgehead atoms. The Bertz CT molecular complexity index is 564. The third kappa shape index (κ3) is 2.48. The minimum absolute atomic E-state index is 0.220. The van der Waals surface area contributed by atoms with Crippen LogP contribution in [0, 0.1) is 17.6 Å². The predicted molar refractivity (Wildman–Crippen MR) is 68.9 cm³/mol. The maximum Gasteiger partial charge on any atom is 0.153 e. The van der Waals surface area contributed by atoms with Crippen LogP contribution in [0.2, 0.25) is 0 Å². The van der Waals surface area contributed by atoms with E-state index in [-0.39, 0.29) is 5.52 Å². The van der Waals surface area contributed by atoms with Crippen LogP contribution in [-0.4, -0.2) is 15.4 Å². The maximum absolute atomic E-state index is 13.7. The molecule has 0 saturated carbocycles. The Hall–Kier alpha value is -1.16. The Labute approximate surface area is 110 Å². The first kappa shape index (κ1) is 13.3. The van der Waals surface area contributed by atoms with Gasteiger partial charge in [0.15, 0.2) is 5.82 Å². The number of nitrogens with zero attached hydrogens (tertiary/aromatic N) is 2. The van der Waals surface area contributed by atoms with Gasteiger partial charge >= 0.3 is 0 Å². The second-order valence-electron chi connectivity index (χ2n) is 4.73. The summed E-state index contributed by atoms with van der Waals surface area (Å²) in [7, 11) is 0. The lowest BCUT2D eigenvalue weighted by Crippen LogP contribution is -2.09. The number of benzene rings is 1. The zero-order valence-electron chi connectivity index (χ0n) is 10.4. The normalized spacial score (nSPS) is 11.7. The highest BCUT2D eigenvalue weighted by Gasteiger charge is 2.15. The summed E-state index contributed by atoms with van der Waals surface area (Å²) in [5.41, 5.74) is 0.721. The third-order valence-corrected chi connectivity index (χ3v) is 2.91. The van der Waals surface area contributed by atoms with Crippen LogP contribution in [0.3, 0.4) is 0 Å². The summed E-state index contributed by atoms with van der Waals surface area (Å²) in [6.07, 6.45) is 0.546. The monoisotopic (exact) mass is 272 g/mol. The molecule has 2 rings (SSSR count). The van der Waals surface area contributed by atoms with Gasteiger partial charge in [0.1, 0.15) is 17.2 Å². The molecule has 0 aliphatic carbocycles. The first-order chi connectivity index (χ1) is 8.52. The van der Waals surface area contributed by atoms with Crippen LogP contribution in [0.4, 0.5) is 8.78 Å². The van der Waals surface area contributed by atoms with Gasteiger partial charge in [-0.25, -0.2) is 13.8 Å². The molecule has 0 spiro atoms. The Morgan fingerprint density at radius 1 is 1.33 bits per heavy atom. The molecule has 1 aromatic carbocycles. The summed E-state index contributed by atoms with van der Waals surface area (Å²) >= 11 is 5.72. The fourth-order valence-electron chi connectivity index (χ4n) is 2.04. The van der Waals surface area contributed by atoms with Crippen molar-refractivity contribution < 1.29 is 8.78 Å². The first-order valence-corrected chi connectivity index (χ1v) is 6.46. The highest BCUT2D eigenvalue weighted by atomic mass is 35.5. The number of hydrogen-bond donors (Lipinski definition) is 0. The summed E-state index contributed by atoms with van der Waals surface area (Å²) in [4.78, 5) is 4.23. The van der Waals surface area contributed by atoms with Gasteiger partial charge in [-0.15, -0.1) is 11.6 Å². The lowest BCUT2D eigenvalue weighted by atomic mass is 10.2. The van der Waals surface area contributed by atoms with Crippen LogP contribution in [-0.2, 0) is 13.0 Å². The van der Waals surface area contributed by atoms with E-state index in [1.165, 1.54) is 6.07 Å². The largest absolute Gasteiger partial charge is 0.328 e. The standard InChI is InChI=1S/C13H15ClF2N2/c1-8(2)7-18-11-6-9(15)5-10(16)13(11)17-12(18)3-4-14/h5-6,8H,3-4,7H2,1-2H3. The van der Waals surface area contributed by atoms with E-state index in [0.717, 1.165) is 6.07 Å². The smallest absolute Gasteiger partial charge is 0.153 e. The Morgan fingerprint density at radius 3 is 2.67 bits per heavy atom. The Morgan fingerprint density at radius 2 is 2.06 bits per heavy atom. The number of hydrogen-bond acceptors (Lipinski definition) is 1. The average molecular weight is 273 g/mol. The minimum Gasteiger partial charge on any atom is -0.328 e. The van der Waals surface area contributed by atoms with Crippen molar-refractivity contribution in [3.05, 3.63) is 29.6 Å². The minimum atomic E-state index is -0.622. The summed E-state index contributed by atoms with van der Waals surface area (Å²) in [5.74, 6) is 0.276. The van der Waals surface area contributed by atoms with Gasteiger partial charge in [-0.05, 0) is 12.0 Å². The van der Waals surface area contributed by atoms with E-state index in [4.69, 9.17) is 11.6 Å². The van der Waals surface area contributed by atoms with Crippen molar-refractivity contribution in [3.63, 3.8) is 0 Å². The maximum atomic E-state index is 13.7. The summed E-state index contributed by atoms with van der Waals surface area (Å²) in [6, 6.07) is 2.19. The molecule has 0 radical (unpaired) electrons. The number of aromatic nitrogens is 2. The van der Waals surface area contributed by atoms with Crippen molar-refractivity contribution in [1.82, 2.24) is 9.55 Å². The van der Waals surface area contributed by atoms with Crippen molar-refractivity contribution in [2.45, 2.75) is 26.8 Å². The summed E-state index contributed by atoms with van der Waals surface area (Å²) < 4.78 is 28.8. The SMILES string of the molecule is CC(C)Cn1c(CCCl)nc2c(F)cc(F)cc21. The van der Waals surface area contributed by atoms with Crippen LogP contribution in [0.15, 0.2) is 12.1 Å². The molecule has 1 heterocycles. The summed E-state index contributed by atoms with van der Waals surface area (Å²) in [6.45, 7) is 4.77. The van der Waals surface area contributed by atoms with Crippen molar-refractivity contribution >= 4 is 22.6 Å². The lowest BCUT2D eigenvalue weighted by Gasteiger charge is -2.11. The van der Waals surface area contributed by atoms with Gasteiger partial charge in [-0.2, -0.15) is 0 Å². The van der Waals surface area contributed by atoms with E-state index in [9.17, 15) is 8.78 Å². The predicted octanol–water partition coefficient (Wildman–Crippen LogP) is 3.75. The fraction of sp³-hybridized carbons (Fsp3) is 0.462. The van der Waals surface area contributed by atoms with E-state index in [2.05, 4.69) is 4.98 Å². The molecular formula is C13H15ClF2N2. The molecule has 0 saturated heterocycles.